The molecule has 0 aliphatic carbocycles. The summed E-state index contributed by atoms with van der Waals surface area (Å²) in [5.74, 6) is 0.0722. The van der Waals surface area contributed by atoms with Crippen molar-refractivity contribution in [1.29, 1.82) is 0 Å². The Morgan fingerprint density at radius 1 is 0.925 bits per heavy atom. The molecule has 1 amide bonds. The number of ketones is 1. The Morgan fingerprint density at radius 3 is 2.27 bits per heavy atom. The van der Waals surface area contributed by atoms with E-state index in [4.69, 9.17) is 14.2 Å². The summed E-state index contributed by atoms with van der Waals surface area (Å²) in [6.07, 6.45) is 0.663. The molecule has 0 spiro atoms. The molecule has 3 aromatic rings. The third-order valence-electron chi connectivity index (χ3n) is 6.95. The van der Waals surface area contributed by atoms with E-state index in [9.17, 15) is 14.7 Å². The topological polar surface area (TPSA) is 88.5 Å². The first-order chi connectivity index (χ1) is 19.2. The normalized spacial score (nSPS) is 16.4. The summed E-state index contributed by atoms with van der Waals surface area (Å²) < 4.78 is 16.9. The van der Waals surface area contributed by atoms with E-state index < -0.39 is 17.7 Å². The van der Waals surface area contributed by atoms with E-state index in [1.165, 1.54) is 12.0 Å². The van der Waals surface area contributed by atoms with Gasteiger partial charge in [-0.1, -0.05) is 36.4 Å². The zero-order valence-corrected chi connectivity index (χ0v) is 23.6. The van der Waals surface area contributed by atoms with Gasteiger partial charge in [0.1, 0.15) is 18.1 Å². The van der Waals surface area contributed by atoms with Gasteiger partial charge in [-0.15, -0.1) is 0 Å². The summed E-state index contributed by atoms with van der Waals surface area (Å²) >= 11 is 0. The lowest BCUT2D eigenvalue weighted by Crippen LogP contribution is -2.32. The van der Waals surface area contributed by atoms with E-state index in [0.29, 0.717) is 47.9 Å². The lowest BCUT2D eigenvalue weighted by atomic mass is 9.94. The molecule has 4 rings (SSSR count). The number of likely N-dealkylation sites (tertiary alicyclic amines) is 1. The highest BCUT2D eigenvalue weighted by atomic mass is 16.5. The van der Waals surface area contributed by atoms with E-state index in [-0.39, 0.29) is 11.3 Å². The number of ether oxygens (including phenoxy) is 3. The smallest absolute Gasteiger partial charge is 0.295 e. The Kier molecular flexibility index (Phi) is 9.11. The third kappa shape index (κ3) is 6.13. The standard InChI is InChI=1S/C32H36N2O6/c1-21-18-24(13-14-25(21)40-20-22-10-7-6-8-11-22)30(35)28-29(23-12-15-26(38-4)27(19-23)39-5)34(32(37)31(28)36)17-9-16-33(2)3/h6-8,10-15,18-19,29,35H,9,16-17,20H2,1-5H3/t29-/m1/s1. The zero-order valence-electron chi connectivity index (χ0n) is 23.6. The number of hydrogen-bond donors (Lipinski definition) is 1. The number of carbonyl (C=O) groups is 2. The molecule has 0 aromatic heterocycles. The average molecular weight is 545 g/mol. The van der Waals surface area contributed by atoms with Crippen LogP contribution in [0, 0.1) is 6.92 Å². The third-order valence-corrected chi connectivity index (χ3v) is 6.95. The Bertz CT molecular complexity index is 1400. The minimum atomic E-state index is -0.781. The molecule has 1 fully saturated rings. The second kappa shape index (κ2) is 12.7. The minimum absolute atomic E-state index is 0.0411. The van der Waals surface area contributed by atoms with Gasteiger partial charge in [-0.05, 0) is 81.0 Å². The number of aliphatic hydroxyl groups excluding tert-OH is 1. The Labute approximate surface area is 235 Å². The lowest BCUT2D eigenvalue weighted by Gasteiger charge is -2.26. The maximum Gasteiger partial charge on any atom is 0.295 e. The van der Waals surface area contributed by atoms with Crippen LogP contribution in [0.3, 0.4) is 0 Å². The first kappa shape index (κ1) is 28.7. The summed E-state index contributed by atoms with van der Waals surface area (Å²) in [5, 5.41) is 11.5. The Balaban J connectivity index is 1.72. The number of methoxy groups -OCH3 is 2. The molecule has 1 heterocycles. The second-order valence-corrected chi connectivity index (χ2v) is 10.0. The number of benzene rings is 3. The van der Waals surface area contributed by atoms with Gasteiger partial charge < -0.3 is 29.1 Å². The van der Waals surface area contributed by atoms with Crippen LogP contribution in [0.4, 0.5) is 0 Å². The Hall–Kier alpha value is -4.30. The number of Topliss-reactive ketones (excluding diaryl/α,β-unsaturated/α-hetero) is 1. The molecular formula is C32H36N2O6. The molecule has 1 N–H and O–H groups in total. The van der Waals surface area contributed by atoms with Crippen molar-refractivity contribution in [2.24, 2.45) is 0 Å². The molecule has 8 heteroatoms. The van der Waals surface area contributed by atoms with Crippen LogP contribution in [-0.2, 0) is 16.2 Å². The van der Waals surface area contributed by atoms with Crippen molar-refractivity contribution in [3.63, 3.8) is 0 Å². The number of aliphatic hydroxyl groups is 1. The van der Waals surface area contributed by atoms with Gasteiger partial charge in [-0.3, -0.25) is 9.59 Å². The van der Waals surface area contributed by atoms with Crippen LogP contribution in [0.2, 0.25) is 0 Å². The monoisotopic (exact) mass is 544 g/mol. The van der Waals surface area contributed by atoms with Crippen molar-refractivity contribution in [2.75, 3.05) is 41.4 Å². The van der Waals surface area contributed by atoms with Crippen LogP contribution in [0.25, 0.3) is 5.76 Å². The average Bonchev–Trinajstić information content (AvgIpc) is 3.21. The van der Waals surface area contributed by atoms with Gasteiger partial charge in [-0.2, -0.15) is 0 Å². The van der Waals surface area contributed by atoms with Crippen molar-refractivity contribution >= 4 is 17.4 Å². The van der Waals surface area contributed by atoms with Crippen LogP contribution in [-0.4, -0.2) is 68.0 Å². The van der Waals surface area contributed by atoms with Crippen LogP contribution in [0.15, 0.2) is 72.3 Å². The molecule has 0 radical (unpaired) electrons. The molecule has 0 unspecified atom stereocenters. The van der Waals surface area contributed by atoms with Gasteiger partial charge >= 0.3 is 0 Å². The second-order valence-electron chi connectivity index (χ2n) is 10.0. The highest BCUT2D eigenvalue weighted by molar-refractivity contribution is 6.46. The fraction of sp³-hybridized carbons (Fsp3) is 0.312. The largest absolute Gasteiger partial charge is 0.507 e. The van der Waals surface area contributed by atoms with Crippen LogP contribution < -0.4 is 14.2 Å². The molecule has 1 atom stereocenters. The van der Waals surface area contributed by atoms with E-state index in [0.717, 1.165) is 17.7 Å². The van der Waals surface area contributed by atoms with E-state index in [2.05, 4.69) is 0 Å². The lowest BCUT2D eigenvalue weighted by molar-refractivity contribution is -0.139. The molecule has 1 aliphatic rings. The maximum absolute atomic E-state index is 13.4. The number of hydrogen-bond acceptors (Lipinski definition) is 7. The fourth-order valence-corrected chi connectivity index (χ4v) is 4.89. The van der Waals surface area contributed by atoms with Crippen molar-refractivity contribution in [3.05, 3.63) is 94.6 Å². The number of rotatable bonds is 11. The Morgan fingerprint density at radius 2 is 1.62 bits per heavy atom. The maximum atomic E-state index is 13.4. The van der Waals surface area contributed by atoms with Crippen LogP contribution in [0.5, 0.6) is 17.2 Å². The summed E-state index contributed by atoms with van der Waals surface area (Å²) in [7, 11) is 6.98. The minimum Gasteiger partial charge on any atom is -0.507 e. The van der Waals surface area contributed by atoms with Crippen molar-refractivity contribution in [3.8, 4) is 17.2 Å². The fourth-order valence-electron chi connectivity index (χ4n) is 4.89. The molecule has 0 saturated carbocycles. The summed E-state index contributed by atoms with van der Waals surface area (Å²) in [5.41, 5.74) is 2.95. The quantitative estimate of drug-likeness (QED) is 0.207. The van der Waals surface area contributed by atoms with Crippen molar-refractivity contribution in [1.82, 2.24) is 9.80 Å². The van der Waals surface area contributed by atoms with Crippen LogP contribution >= 0.6 is 0 Å². The van der Waals surface area contributed by atoms with Gasteiger partial charge in [0.15, 0.2) is 11.5 Å². The van der Waals surface area contributed by atoms with Crippen LogP contribution in [0.1, 0.15) is 34.7 Å². The summed E-state index contributed by atoms with van der Waals surface area (Å²) in [4.78, 5) is 30.2. The SMILES string of the molecule is COc1ccc([C@@H]2C(=C(O)c3ccc(OCc4ccccc4)c(C)c3)C(=O)C(=O)N2CCCN(C)C)cc1OC. The summed E-state index contributed by atoms with van der Waals surface area (Å²) in [6.45, 7) is 3.38. The molecule has 40 heavy (non-hydrogen) atoms. The first-order valence-corrected chi connectivity index (χ1v) is 13.2. The highest BCUT2D eigenvalue weighted by Gasteiger charge is 2.46. The molecule has 8 nitrogen and oxygen atoms in total. The predicted octanol–water partition coefficient (Wildman–Crippen LogP) is 4.96. The highest BCUT2D eigenvalue weighted by Crippen LogP contribution is 2.42. The number of amides is 1. The molecule has 1 saturated heterocycles. The van der Waals surface area contributed by atoms with E-state index in [1.54, 1.807) is 43.5 Å². The van der Waals surface area contributed by atoms with Gasteiger partial charge in [0.05, 0.1) is 25.8 Å². The number of aryl methyl sites for hydroxylation is 1. The molecule has 3 aromatic carbocycles. The first-order valence-electron chi connectivity index (χ1n) is 13.2. The van der Waals surface area contributed by atoms with Crippen molar-refractivity contribution < 1.29 is 28.9 Å². The van der Waals surface area contributed by atoms with Gasteiger partial charge in [-0.25, -0.2) is 0 Å². The van der Waals surface area contributed by atoms with E-state index >= 15 is 0 Å². The van der Waals surface area contributed by atoms with Gasteiger partial charge in [0, 0.05) is 12.1 Å². The molecule has 0 bridgehead atoms. The molecule has 1 aliphatic heterocycles. The molecular weight excluding hydrogens is 508 g/mol. The van der Waals surface area contributed by atoms with Gasteiger partial charge in [0.25, 0.3) is 11.7 Å². The zero-order chi connectivity index (χ0) is 28.8. The number of carbonyl (C=O) groups excluding carboxylic acids is 2. The number of nitrogens with zero attached hydrogens (tertiary/aromatic N) is 2. The van der Waals surface area contributed by atoms with Gasteiger partial charge in [0.2, 0.25) is 0 Å². The summed E-state index contributed by atoms with van der Waals surface area (Å²) in [6, 6.07) is 19.6. The predicted molar refractivity (Wildman–Crippen MR) is 154 cm³/mol. The van der Waals surface area contributed by atoms with Crippen molar-refractivity contribution in [2.45, 2.75) is 26.0 Å². The molecule has 210 valence electrons. The van der Waals surface area contributed by atoms with E-state index in [1.807, 2.05) is 56.3 Å².